The van der Waals surface area contributed by atoms with Crippen molar-refractivity contribution < 1.29 is 39.8 Å². The van der Waals surface area contributed by atoms with E-state index in [0.717, 1.165) is 83.5 Å². The molecule has 1 aliphatic heterocycles. The van der Waals surface area contributed by atoms with Crippen LogP contribution in [0.3, 0.4) is 0 Å². The average Bonchev–Trinajstić information content (AvgIpc) is 1.45. The Bertz CT molecular complexity index is 1830. The monoisotopic (exact) mass is 1290 g/mol. The van der Waals surface area contributed by atoms with E-state index in [0.29, 0.717) is 6.42 Å². The third kappa shape index (κ3) is 58.2. The Labute approximate surface area is 567 Å². The van der Waals surface area contributed by atoms with Gasteiger partial charge in [-0.3, -0.25) is 4.79 Å². The summed E-state index contributed by atoms with van der Waals surface area (Å²) in [4.78, 5) is 13.2. The molecule has 1 aliphatic rings. The van der Waals surface area contributed by atoms with Gasteiger partial charge in [-0.25, -0.2) is 0 Å². The van der Waals surface area contributed by atoms with Crippen LogP contribution >= 0.6 is 0 Å². The number of allylic oxidation sites excluding steroid dienone is 17. The molecule has 6 N–H and O–H groups in total. The molecule has 0 aliphatic carbocycles. The number of hydrogen-bond acceptors (Lipinski definition) is 8. The standard InChI is InChI=1S/C83H147NO8/c1-3-5-7-9-11-13-15-17-19-21-23-25-27-29-31-33-35-36-37-38-39-40-41-42-43-45-47-49-51-53-55-57-59-61-63-65-67-69-71-73-79(87)84-76(75-91-83-82(90)81(89)80(88)78(74-85)92-83)77(86)72-70-68-66-64-62-60-58-56-54-52-50-48-46-44-34-32-30-28-26-24-22-20-18-16-14-12-10-8-6-4-2/h5,7,11,13,17,19,23,25,29,31,35-36,38-39,62,64,70,72,76-78,80-83,85-86,88-90H,3-4,6,8-10,12,14-16,18,20-22,24,26-28,30,32-34,37,40-61,63,65-69,71,73-75H2,1-2H3,(H,84,87)/b7-5-,13-11-,19-17-,25-23-,31-29-,36-35-,39-38-,64-62+,72-70+. The van der Waals surface area contributed by atoms with E-state index in [9.17, 15) is 30.3 Å². The van der Waals surface area contributed by atoms with Gasteiger partial charge in [0.05, 0.1) is 25.4 Å². The van der Waals surface area contributed by atoms with E-state index in [1.54, 1.807) is 6.08 Å². The van der Waals surface area contributed by atoms with Crippen molar-refractivity contribution in [3.8, 4) is 0 Å². The zero-order valence-electron chi connectivity index (χ0n) is 59.8. The molecule has 1 amide bonds. The van der Waals surface area contributed by atoms with Gasteiger partial charge in [-0.05, 0) is 89.9 Å². The Balaban J connectivity index is 2.10. The molecule has 0 saturated carbocycles. The fourth-order valence-electron chi connectivity index (χ4n) is 12.0. The molecule has 92 heavy (non-hydrogen) atoms. The molecule has 0 radical (unpaired) electrons. The van der Waals surface area contributed by atoms with Crippen LogP contribution in [0.4, 0.5) is 0 Å². The third-order valence-corrected chi connectivity index (χ3v) is 18.1. The van der Waals surface area contributed by atoms with E-state index in [4.69, 9.17) is 9.47 Å². The van der Waals surface area contributed by atoms with E-state index in [-0.39, 0.29) is 12.5 Å². The van der Waals surface area contributed by atoms with Crippen LogP contribution in [-0.4, -0.2) is 87.5 Å². The van der Waals surface area contributed by atoms with E-state index < -0.39 is 49.5 Å². The molecule has 7 unspecified atom stereocenters. The maximum Gasteiger partial charge on any atom is 0.220 e. The minimum Gasteiger partial charge on any atom is -0.394 e. The largest absolute Gasteiger partial charge is 0.394 e. The van der Waals surface area contributed by atoms with Gasteiger partial charge in [0, 0.05) is 6.42 Å². The zero-order valence-corrected chi connectivity index (χ0v) is 59.8. The van der Waals surface area contributed by atoms with Gasteiger partial charge in [-0.15, -0.1) is 0 Å². The molecule has 1 rings (SSSR count). The van der Waals surface area contributed by atoms with Crippen LogP contribution in [0.15, 0.2) is 109 Å². The fraction of sp³-hybridized carbons (Fsp3) is 0.771. The summed E-state index contributed by atoms with van der Waals surface area (Å²) in [5.74, 6) is -0.184. The summed E-state index contributed by atoms with van der Waals surface area (Å²) >= 11 is 0. The molecule has 1 fully saturated rings. The van der Waals surface area contributed by atoms with Crippen LogP contribution in [0.2, 0.25) is 0 Å². The number of aliphatic hydroxyl groups is 5. The third-order valence-electron chi connectivity index (χ3n) is 18.1. The average molecular weight is 1290 g/mol. The molecular formula is C83H147NO8. The molecule has 0 bridgehead atoms. The predicted octanol–water partition coefficient (Wildman–Crippen LogP) is 22.4. The summed E-state index contributed by atoms with van der Waals surface area (Å²) in [5, 5.41) is 54.9. The van der Waals surface area contributed by atoms with Gasteiger partial charge >= 0.3 is 0 Å². The van der Waals surface area contributed by atoms with E-state index in [2.05, 4.69) is 116 Å². The summed E-state index contributed by atoms with van der Waals surface area (Å²) in [6, 6.07) is -0.829. The highest BCUT2D eigenvalue weighted by Crippen LogP contribution is 2.23. The lowest BCUT2D eigenvalue weighted by molar-refractivity contribution is -0.302. The molecule has 0 aromatic heterocycles. The second-order valence-electron chi connectivity index (χ2n) is 26.8. The summed E-state index contributed by atoms with van der Waals surface area (Å²) in [5.41, 5.74) is 0. The van der Waals surface area contributed by atoms with Gasteiger partial charge in [0.1, 0.15) is 24.4 Å². The molecule has 7 atom stereocenters. The van der Waals surface area contributed by atoms with Crippen molar-refractivity contribution in [1.82, 2.24) is 5.32 Å². The number of amides is 1. The highest BCUT2D eigenvalue weighted by Gasteiger charge is 2.44. The number of unbranched alkanes of at least 4 members (excludes halogenated alkanes) is 42. The van der Waals surface area contributed by atoms with Gasteiger partial charge in [-0.1, -0.05) is 367 Å². The van der Waals surface area contributed by atoms with Crippen molar-refractivity contribution in [2.45, 2.75) is 397 Å². The van der Waals surface area contributed by atoms with Crippen molar-refractivity contribution in [2.75, 3.05) is 13.2 Å². The van der Waals surface area contributed by atoms with Gasteiger partial charge in [0.15, 0.2) is 6.29 Å². The summed E-state index contributed by atoms with van der Waals surface area (Å²) in [7, 11) is 0. The number of ether oxygens (including phenoxy) is 2. The van der Waals surface area contributed by atoms with Crippen molar-refractivity contribution in [3.63, 3.8) is 0 Å². The first-order valence-electron chi connectivity index (χ1n) is 39.1. The van der Waals surface area contributed by atoms with Crippen LogP contribution < -0.4 is 5.32 Å². The van der Waals surface area contributed by atoms with Crippen molar-refractivity contribution in [2.24, 2.45) is 0 Å². The number of aliphatic hydroxyl groups excluding tert-OH is 5. The molecule has 532 valence electrons. The van der Waals surface area contributed by atoms with Crippen molar-refractivity contribution >= 4 is 5.91 Å². The van der Waals surface area contributed by atoms with Gasteiger partial charge < -0.3 is 40.3 Å². The van der Waals surface area contributed by atoms with E-state index in [1.165, 1.54) is 250 Å². The number of carbonyl (C=O) groups is 1. The van der Waals surface area contributed by atoms with Crippen LogP contribution in [0.1, 0.15) is 354 Å². The summed E-state index contributed by atoms with van der Waals surface area (Å²) < 4.78 is 11.3. The highest BCUT2D eigenvalue weighted by atomic mass is 16.7. The molecule has 1 heterocycles. The van der Waals surface area contributed by atoms with Crippen molar-refractivity contribution in [1.29, 1.82) is 0 Å². The molecule has 9 nitrogen and oxygen atoms in total. The van der Waals surface area contributed by atoms with Gasteiger partial charge in [-0.2, -0.15) is 0 Å². The lowest BCUT2D eigenvalue weighted by atomic mass is 9.99. The lowest BCUT2D eigenvalue weighted by Gasteiger charge is -2.40. The fourth-order valence-corrected chi connectivity index (χ4v) is 12.0. The summed E-state index contributed by atoms with van der Waals surface area (Å²) in [6.45, 7) is 3.69. The number of carbonyl (C=O) groups excluding carboxylic acids is 1. The lowest BCUT2D eigenvalue weighted by Crippen LogP contribution is -2.60. The number of rotatable bonds is 68. The minimum atomic E-state index is -1.58. The zero-order chi connectivity index (χ0) is 66.4. The van der Waals surface area contributed by atoms with E-state index in [1.807, 2.05) is 6.08 Å². The topological polar surface area (TPSA) is 149 Å². The minimum absolute atomic E-state index is 0.184. The first-order valence-corrected chi connectivity index (χ1v) is 39.1. The van der Waals surface area contributed by atoms with Crippen LogP contribution in [0.25, 0.3) is 0 Å². The molecular weight excluding hydrogens is 1140 g/mol. The number of hydrogen-bond donors (Lipinski definition) is 6. The Morgan fingerprint density at radius 1 is 0.380 bits per heavy atom. The Morgan fingerprint density at radius 2 is 0.685 bits per heavy atom. The molecule has 0 spiro atoms. The smallest absolute Gasteiger partial charge is 0.220 e. The summed E-state index contributed by atoms with van der Waals surface area (Å²) in [6.07, 6.45) is 98.0. The second-order valence-corrected chi connectivity index (χ2v) is 26.8. The van der Waals surface area contributed by atoms with Crippen LogP contribution in [-0.2, 0) is 14.3 Å². The quantitative estimate of drug-likeness (QED) is 0.0261. The molecule has 1 saturated heterocycles. The second kappa shape index (κ2) is 70.6. The normalized spacial score (nSPS) is 18.3. The maximum atomic E-state index is 13.2. The maximum absolute atomic E-state index is 13.2. The number of nitrogens with one attached hydrogen (secondary N) is 1. The van der Waals surface area contributed by atoms with Crippen LogP contribution in [0, 0.1) is 0 Å². The SMILES string of the molecule is CC/C=C\C/C=C\C/C=C\C/C=C\C/C=C\C/C=C\C/C=C\CCCCCCCCCCCCCCCCCCCC(=O)NC(COC1OC(CO)C(O)C(O)C1O)C(O)/C=C/CC/C=C/CCCCCCCCCCCCCCCCCCCCCCCCCC. The Hall–Kier alpha value is -3.15. The van der Waals surface area contributed by atoms with Gasteiger partial charge in [0.2, 0.25) is 5.91 Å². The predicted molar refractivity (Wildman–Crippen MR) is 396 cm³/mol. The first kappa shape index (κ1) is 86.9. The molecule has 0 aromatic carbocycles. The van der Waals surface area contributed by atoms with E-state index >= 15 is 0 Å². The van der Waals surface area contributed by atoms with Crippen molar-refractivity contribution in [3.05, 3.63) is 109 Å². The molecule has 9 heteroatoms. The van der Waals surface area contributed by atoms with Crippen LogP contribution in [0.5, 0.6) is 0 Å². The Morgan fingerprint density at radius 3 is 1.04 bits per heavy atom. The highest BCUT2D eigenvalue weighted by molar-refractivity contribution is 5.76. The first-order chi connectivity index (χ1) is 45.3. The van der Waals surface area contributed by atoms with Gasteiger partial charge in [0.25, 0.3) is 0 Å². The Kier molecular flexibility index (Phi) is 66.7. The molecule has 0 aromatic rings.